The highest BCUT2D eigenvalue weighted by molar-refractivity contribution is 5.79. The van der Waals surface area contributed by atoms with E-state index in [2.05, 4.69) is 29.0 Å². The molecule has 0 aliphatic carbocycles. The minimum absolute atomic E-state index is 0.173. The lowest BCUT2D eigenvalue weighted by atomic mass is 10.1. The van der Waals surface area contributed by atoms with E-state index in [9.17, 15) is 4.79 Å². The summed E-state index contributed by atoms with van der Waals surface area (Å²) in [5.74, 6) is -0.224. The van der Waals surface area contributed by atoms with Crippen molar-refractivity contribution in [1.29, 1.82) is 0 Å². The highest BCUT2D eigenvalue weighted by Gasteiger charge is 2.19. The highest BCUT2D eigenvalue weighted by Crippen LogP contribution is 2.04. The molecule has 1 aliphatic heterocycles. The number of carbonyl (C=O) groups excluding carboxylic acids is 1. The molecule has 0 radical (unpaired) electrons. The van der Waals surface area contributed by atoms with Crippen molar-refractivity contribution in [2.45, 2.75) is 39.2 Å². The summed E-state index contributed by atoms with van der Waals surface area (Å²) < 4.78 is 0. The van der Waals surface area contributed by atoms with Crippen molar-refractivity contribution in [1.82, 2.24) is 15.1 Å². The molecule has 1 unspecified atom stereocenters. The average Bonchev–Trinajstić information content (AvgIpc) is 2.40. The first-order valence-corrected chi connectivity index (χ1v) is 7.64. The zero-order valence-corrected chi connectivity index (χ0v) is 12.5. The fourth-order valence-electron chi connectivity index (χ4n) is 2.53. The van der Waals surface area contributed by atoms with Crippen molar-refractivity contribution in [3.63, 3.8) is 0 Å². The maximum atomic E-state index is 11.3. The summed E-state index contributed by atoms with van der Waals surface area (Å²) in [6, 6.07) is -0.173. The molecule has 1 saturated heterocycles. The lowest BCUT2D eigenvalue weighted by molar-refractivity contribution is -0.120. The third kappa shape index (κ3) is 6.36. The van der Waals surface area contributed by atoms with E-state index >= 15 is 0 Å². The van der Waals surface area contributed by atoms with Gasteiger partial charge in [-0.2, -0.15) is 0 Å². The van der Waals surface area contributed by atoms with Crippen LogP contribution < -0.4 is 11.1 Å². The molecule has 0 bridgehead atoms. The number of nitrogens with one attached hydrogen (secondary N) is 1. The van der Waals surface area contributed by atoms with E-state index in [1.54, 1.807) is 0 Å². The number of hydrogen-bond acceptors (Lipinski definition) is 4. The van der Waals surface area contributed by atoms with Crippen LogP contribution in [0.15, 0.2) is 0 Å². The Morgan fingerprint density at radius 3 is 2.16 bits per heavy atom. The van der Waals surface area contributed by atoms with E-state index in [4.69, 9.17) is 5.73 Å². The van der Waals surface area contributed by atoms with Crippen LogP contribution in [0, 0.1) is 0 Å². The average molecular weight is 270 g/mol. The van der Waals surface area contributed by atoms with Crippen LogP contribution in [-0.2, 0) is 4.79 Å². The quantitative estimate of drug-likeness (QED) is 0.631. The van der Waals surface area contributed by atoms with Crippen molar-refractivity contribution in [2.75, 3.05) is 45.8 Å². The molecule has 1 amide bonds. The SMILES string of the molecule is CCCNC(CCN1CCN(CCC)CC1)C(N)=O. The zero-order valence-electron chi connectivity index (χ0n) is 12.5. The summed E-state index contributed by atoms with van der Waals surface area (Å²) in [7, 11) is 0. The van der Waals surface area contributed by atoms with Crippen LogP contribution in [0.2, 0.25) is 0 Å². The van der Waals surface area contributed by atoms with E-state index in [0.717, 1.165) is 52.1 Å². The Bertz CT molecular complexity index is 252. The number of hydrogen-bond donors (Lipinski definition) is 2. The largest absolute Gasteiger partial charge is 0.368 e. The molecule has 1 atom stereocenters. The summed E-state index contributed by atoms with van der Waals surface area (Å²) in [4.78, 5) is 16.3. The van der Waals surface area contributed by atoms with E-state index in [1.807, 2.05) is 0 Å². The first-order chi connectivity index (χ1) is 9.17. The monoisotopic (exact) mass is 270 g/mol. The first-order valence-electron chi connectivity index (χ1n) is 7.64. The molecule has 1 heterocycles. The van der Waals surface area contributed by atoms with Gasteiger partial charge in [-0.15, -0.1) is 0 Å². The fraction of sp³-hybridized carbons (Fsp3) is 0.929. The first kappa shape index (κ1) is 16.4. The van der Waals surface area contributed by atoms with Crippen molar-refractivity contribution < 1.29 is 4.79 Å². The van der Waals surface area contributed by atoms with E-state index in [-0.39, 0.29) is 11.9 Å². The summed E-state index contributed by atoms with van der Waals surface area (Å²) in [5.41, 5.74) is 5.43. The van der Waals surface area contributed by atoms with Crippen molar-refractivity contribution in [3.8, 4) is 0 Å². The number of primary amides is 1. The summed E-state index contributed by atoms with van der Waals surface area (Å²) in [6.45, 7) is 11.9. The van der Waals surface area contributed by atoms with Crippen LogP contribution in [0.25, 0.3) is 0 Å². The van der Waals surface area contributed by atoms with Gasteiger partial charge in [0.25, 0.3) is 0 Å². The van der Waals surface area contributed by atoms with Gasteiger partial charge in [0.2, 0.25) is 5.91 Å². The Balaban J connectivity index is 2.22. The lowest BCUT2D eigenvalue weighted by Gasteiger charge is -2.35. The molecule has 0 aromatic rings. The number of nitrogens with zero attached hydrogens (tertiary/aromatic N) is 2. The predicted octanol–water partition coefficient (Wildman–Crippen LogP) is 0.258. The minimum Gasteiger partial charge on any atom is -0.368 e. The van der Waals surface area contributed by atoms with Crippen LogP contribution in [0.4, 0.5) is 0 Å². The molecule has 19 heavy (non-hydrogen) atoms. The van der Waals surface area contributed by atoms with Gasteiger partial charge in [-0.25, -0.2) is 0 Å². The molecule has 0 spiro atoms. The molecule has 1 aliphatic rings. The molecular weight excluding hydrogens is 240 g/mol. The van der Waals surface area contributed by atoms with Crippen molar-refractivity contribution >= 4 is 5.91 Å². The van der Waals surface area contributed by atoms with E-state index in [0.29, 0.717) is 0 Å². The van der Waals surface area contributed by atoms with Gasteiger partial charge >= 0.3 is 0 Å². The van der Waals surface area contributed by atoms with Gasteiger partial charge in [-0.1, -0.05) is 13.8 Å². The summed E-state index contributed by atoms with van der Waals surface area (Å²) in [5, 5.41) is 3.23. The number of carbonyl (C=O) groups is 1. The molecule has 112 valence electrons. The molecule has 1 fully saturated rings. The van der Waals surface area contributed by atoms with Crippen molar-refractivity contribution in [2.24, 2.45) is 5.73 Å². The zero-order chi connectivity index (χ0) is 14.1. The van der Waals surface area contributed by atoms with Gasteiger partial charge < -0.3 is 20.9 Å². The molecule has 5 heteroatoms. The number of nitrogens with two attached hydrogens (primary N) is 1. The Morgan fingerprint density at radius 2 is 1.68 bits per heavy atom. The number of amides is 1. The second-order valence-electron chi connectivity index (χ2n) is 5.38. The third-order valence-electron chi connectivity index (χ3n) is 3.72. The van der Waals surface area contributed by atoms with Gasteiger partial charge in [0, 0.05) is 32.7 Å². The number of piperazine rings is 1. The van der Waals surface area contributed by atoms with Crippen LogP contribution in [0.3, 0.4) is 0 Å². The maximum Gasteiger partial charge on any atom is 0.234 e. The Hall–Kier alpha value is -0.650. The van der Waals surface area contributed by atoms with Crippen molar-refractivity contribution in [3.05, 3.63) is 0 Å². The second kappa shape index (κ2) is 9.28. The second-order valence-corrected chi connectivity index (χ2v) is 5.38. The molecule has 5 nitrogen and oxygen atoms in total. The van der Waals surface area contributed by atoms with Gasteiger partial charge in [0.15, 0.2) is 0 Å². The van der Waals surface area contributed by atoms with Crippen LogP contribution in [0.1, 0.15) is 33.1 Å². The van der Waals surface area contributed by atoms with Gasteiger partial charge in [-0.05, 0) is 32.4 Å². The standard InChI is InChI=1S/C14H30N4O/c1-3-6-16-13(14(15)19)5-8-18-11-9-17(7-4-2)10-12-18/h13,16H,3-12H2,1-2H3,(H2,15,19). The predicted molar refractivity (Wildman–Crippen MR) is 79.1 cm³/mol. The lowest BCUT2D eigenvalue weighted by Crippen LogP contribution is -2.49. The molecule has 0 aromatic heterocycles. The van der Waals surface area contributed by atoms with Gasteiger partial charge in [-0.3, -0.25) is 4.79 Å². The Kier molecular flexibility index (Phi) is 8.02. The molecule has 1 rings (SSSR count). The molecule has 3 N–H and O–H groups in total. The summed E-state index contributed by atoms with van der Waals surface area (Å²) in [6.07, 6.45) is 3.08. The maximum absolute atomic E-state index is 11.3. The van der Waals surface area contributed by atoms with Gasteiger partial charge in [0.1, 0.15) is 0 Å². The van der Waals surface area contributed by atoms with E-state index in [1.165, 1.54) is 13.0 Å². The Morgan fingerprint density at radius 1 is 1.11 bits per heavy atom. The minimum atomic E-state index is -0.224. The topological polar surface area (TPSA) is 61.6 Å². The van der Waals surface area contributed by atoms with E-state index < -0.39 is 0 Å². The molecule has 0 saturated carbocycles. The van der Waals surface area contributed by atoms with Gasteiger partial charge in [0.05, 0.1) is 6.04 Å². The molecule has 0 aromatic carbocycles. The number of rotatable bonds is 9. The third-order valence-corrected chi connectivity index (χ3v) is 3.72. The molecular formula is C14H30N4O. The fourth-order valence-corrected chi connectivity index (χ4v) is 2.53. The smallest absolute Gasteiger partial charge is 0.234 e. The summed E-state index contributed by atoms with van der Waals surface area (Å²) >= 11 is 0. The van der Waals surface area contributed by atoms with Crippen LogP contribution in [-0.4, -0.2) is 67.6 Å². The Labute approximate surface area is 117 Å². The van der Waals surface area contributed by atoms with Crippen LogP contribution >= 0.6 is 0 Å². The highest BCUT2D eigenvalue weighted by atomic mass is 16.1. The normalized spacial score (nSPS) is 19.5. The van der Waals surface area contributed by atoms with Crippen LogP contribution in [0.5, 0.6) is 0 Å².